The Balaban J connectivity index is 1.24. The van der Waals surface area contributed by atoms with Gasteiger partial charge in [-0.05, 0) is 126 Å². The molecule has 330 valence electrons. The van der Waals surface area contributed by atoms with Gasteiger partial charge in [0.25, 0.3) is 6.71 Å². The van der Waals surface area contributed by atoms with Crippen molar-refractivity contribution in [2.24, 2.45) is 23.7 Å². The van der Waals surface area contributed by atoms with Gasteiger partial charge in [0, 0.05) is 44.1 Å². The van der Waals surface area contributed by atoms with Crippen molar-refractivity contribution in [2.75, 3.05) is 0 Å². The zero-order valence-electron chi connectivity index (χ0n) is 40.5. The highest BCUT2D eigenvalue weighted by Gasteiger charge is 2.54. The van der Waals surface area contributed by atoms with E-state index < -0.39 is 5.41 Å². The lowest BCUT2D eigenvalue weighted by Crippen LogP contribution is -2.60. The van der Waals surface area contributed by atoms with Crippen LogP contribution in [0.25, 0.3) is 77.6 Å². The summed E-state index contributed by atoms with van der Waals surface area (Å²) in [5.74, 6) is 2.76. The van der Waals surface area contributed by atoms with Gasteiger partial charge in [-0.3, -0.25) is 0 Å². The summed E-state index contributed by atoms with van der Waals surface area (Å²) < 4.78 is 5.49. The summed E-state index contributed by atoms with van der Waals surface area (Å²) in [7, 11) is 0. The molecule has 3 aliphatic heterocycles. The Morgan fingerprint density at radius 1 is 0.412 bits per heavy atom. The van der Waals surface area contributed by atoms with Crippen molar-refractivity contribution in [3.63, 3.8) is 0 Å². The molecule has 0 fully saturated rings. The standard InChI is InChI=1S/C65H57BN2/c1-36(2)56(37(3)4)42-32-47-48-33-43(57(38(5)6)39(7)8)35-54-63(48)68-61(47)52(34-42)65(49-27-17-15-24-44(49)45-25-16-18-28-50(45)65)51-30-31-55-59(64(51)68)66(54)53-29-19-26-46-58(40-20-11-9-12-21-40)60(67(55)62(46)53)41-22-13-10-14-23-41/h9-39,56-57H,1-8H3. The van der Waals surface area contributed by atoms with Gasteiger partial charge in [-0.25, -0.2) is 0 Å². The first-order chi connectivity index (χ1) is 33.1. The van der Waals surface area contributed by atoms with Crippen molar-refractivity contribution in [2.45, 2.75) is 72.6 Å². The summed E-state index contributed by atoms with van der Waals surface area (Å²) in [6, 6.07) is 64.2. The van der Waals surface area contributed by atoms with E-state index in [4.69, 9.17) is 0 Å². The fourth-order valence-electron chi connectivity index (χ4n) is 15.2. The van der Waals surface area contributed by atoms with Crippen LogP contribution in [0.4, 0.5) is 0 Å². The van der Waals surface area contributed by atoms with Gasteiger partial charge in [0.2, 0.25) is 0 Å². The first-order valence-electron chi connectivity index (χ1n) is 25.4. The quantitative estimate of drug-likeness (QED) is 0.135. The minimum atomic E-state index is -0.529. The molecule has 8 aromatic carbocycles. The molecule has 0 bridgehead atoms. The monoisotopic (exact) mass is 876 g/mol. The summed E-state index contributed by atoms with van der Waals surface area (Å²) in [6.45, 7) is 19.5. The minimum absolute atomic E-state index is 0.0292. The molecule has 0 amide bonds. The average molecular weight is 877 g/mol. The second-order valence-corrected chi connectivity index (χ2v) is 22.0. The van der Waals surface area contributed by atoms with E-state index in [0.29, 0.717) is 35.5 Å². The maximum Gasteiger partial charge on any atom is 0.252 e. The molecule has 0 saturated heterocycles. The molecule has 5 heterocycles. The van der Waals surface area contributed by atoms with Crippen molar-refractivity contribution in [1.82, 2.24) is 9.13 Å². The average Bonchev–Trinajstić information content (AvgIpc) is 3.97. The van der Waals surface area contributed by atoms with Gasteiger partial charge in [0.1, 0.15) is 0 Å². The van der Waals surface area contributed by atoms with Crippen LogP contribution in [-0.2, 0) is 5.41 Å². The molecule has 2 nitrogen and oxygen atoms in total. The van der Waals surface area contributed by atoms with Crippen LogP contribution >= 0.6 is 0 Å². The molecule has 1 aliphatic carbocycles. The second-order valence-electron chi connectivity index (χ2n) is 22.0. The summed E-state index contributed by atoms with van der Waals surface area (Å²) in [4.78, 5) is 0. The third-order valence-electron chi connectivity index (χ3n) is 17.1. The Kier molecular flexibility index (Phi) is 8.35. The van der Waals surface area contributed by atoms with Gasteiger partial charge in [-0.2, -0.15) is 0 Å². The van der Waals surface area contributed by atoms with Gasteiger partial charge < -0.3 is 9.13 Å². The first kappa shape index (κ1) is 40.3. The molecular weight excluding hydrogens is 820 g/mol. The van der Waals surface area contributed by atoms with E-state index in [-0.39, 0.29) is 6.71 Å². The number of hydrogen-bond acceptors (Lipinski definition) is 0. The molecule has 1 spiro atoms. The SMILES string of the molecule is CC(C)C(c1cc2c3c(c1)c1cc(C(C(C)C)C(C)C)cc4c1n3-c1c(ccc3c1B2c1cccc2c(-c5ccccc5)c(-c5ccccc5)n-3c12)C41c2ccccc2-c2ccccc21)C(C)C. The van der Waals surface area contributed by atoms with Crippen molar-refractivity contribution in [1.29, 1.82) is 0 Å². The molecule has 2 aromatic heterocycles. The summed E-state index contributed by atoms with van der Waals surface area (Å²) >= 11 is 0. The second kappa shape index (κ2) is 14.1. The summed E-state index contributed by atoms with van der Waals surface area (Å²) in [6.07, 6.45) is 0. The van der Waals surface area contributed by atoms with Gasteiger partial charge in [0.05, 0.1) is 16.6 Å². The normalized spacial score (nSPS) is 14.5. The molecule has 0 radical (unpaired) electrons. The number of fused-ring (bicyclic) bond motifs is 11. The van der Waals surface area contributed by atoms with E-state index in [1.807, 2.05) is 0 Å². The van der Waals surface area contributed by atoms with Crippen molar-refractivity contribution in [3.8, 4) is 44.9 Å². The van der Waals surface area contributed by atoms with Crippen LogP contribution in [0.5, 0.6) is 0 Å². The summed E-state index contributed by atoms with van der Waals surface area (Å²) in [5.41, 5.74) is 26.9. The third-order valence-corrected chi connectivity index (χ3v) is 17.1. The smallest absolute Gasteiger partial charge is 0.252 e. The minimum Gasteiger partial charge on any atom is -0.310 e. The maximum absolute atomic E-state index is 2.80. The largest absolute Gasteiger partial charge is 0.310 e. The third kappa shape index (κ3) is 4.90. The van der Waals surface area contributed by atoms with Gasteiger partial charge in [-0.1, -0.05) is 201 Å². The number of nitrogens with zero attached hydrogens (tertiary/aromatic N) is 2. The molecule has 4 aliphatic rings. The molecule has 14 rings (SSSR count). The van der Waals surface area contributed by atoms with Gasteiger partial charge >= 0.3 is 0 Å². The fraction of sp³-hybridized carbons (Fsp3) is 0.231. The van der Waals surface area contributed by atoms with Gasteiger partial charge in [-0.15, -0.1) is 0 Å². The Labute approximate surface area is 401 Å². The molecular formula is C65H57BN2. The first-order valence-corrected chi connectivity index (χ1v) is 25.4. The number of para-hydroxylation sites is 1. The van der Waals surface area contributed by atoms with Crippen LogP contribution < -0.4 is 16.4 Å². The van der Waals surface area contributed by atoms with E-state index >= 15 is 0 Å². The lowest BCUT2D eigenvalue weighted by Gasteiger charge is -2.44. The highest BCUT2D eigenvalue weighted by Crippen LogP contribution is 2.62. The van der Waals surface area contributed by atoms with E-state index in [2.05, 4.69) is 228 Å². The molecule has 0 N–H and O–H groups in total. The molecule has 0 unspecified atom stereocenters. The van der Waals surface area contributed by atoms with Crippen LogP contribution in [0.15, 0.2) is 164 Å². The molecule has 68 heavy (non-hydrogen) atoms. The molecule has 3 heteroatoms. The highest BCUT2D eigenvalue weighted by molar-refractivity contribution is 7.00. The fourth-order valence-corrected chi connectivity index (χ4v) is 15.2. The molecule has 0 saturated carbocycles. The Bertz CT molecular complexity index is 3700. The van der Waals surface area contributed by atoms with E-state index in [1.54, 1.807) is 0 Å². The zero-order valence-corrected chi connectivity index (χ0v) is 40.5. The summed E-state index contributed by atoms with van der Waals surface area (Å²) in [5, 5.41) is 4.13. The predicted molar refractivity (Wildman–Crippen MR) is 289 cm³/mol. The topological polar surface area (TPSA) is 9.86 Å². The number of hydrogen-bond donors (Lipinski definition) is 0. The lowest BCUT2D eigenvalue weighted by atomic mass is 9.33. The van der Waals surface area contributed by atoms with E-state index in [0.717, 1.165) is 0 Å². The highest BCUT2D eigenvalue weighted by atomic mass is 15.1. The maximum atomic E-state index is 2.80. The van der Waals surface area contributed by atoms with Crippen molar-refractivity contribution >= 4 is 55.8 Å². The van der Waals surface area contributed by atoms with E-state index in [9.17, 15) is 0 Å². The Morgan fingerprint density at radius 2 is 0.956 bits per heavy atom. The van der Waals surface area contributed by atoms with Crippen LogP contribution in [0.2, 0.25) is 0 Å². The van der Waals surface area contributed by atoms with Crippen LogP contribution in [0.3, 0.4) is 0 Å². The van der Waals surface area contributed by atoms with Gasteiger partial charge in [0.15, 0.2) is 0 Å². The van der Waals surface area contributed by atoms with Crippen molar-refractivity contribution < 1.29 is 0 Å². The van der Waals surface area contributed by atoms with Crippen LogP contribution in [-0.4, -0.2) is 15.8 Å². The molecule has 10 aromatic rings. The van der Waals surface area contributed by atoms with Crippen molar-refractivity contribution in [3.05, 3.63) is 197 Å². The predicted octanol–water partition coefficient (Wildman–Crippen LogP) is 14.7. The number of benzene rings is 8. The zero-order chi connectivity index (χ0) is 46.1. The lowest BCUT2D eigenvalue weighted by molar-refractivity contribution is 0.387. The number of rotatable bonds is 8. The van der Waals surface area contributed by atoms with Crippen LogP contribution in [0, 0.1) is 23.7 Å². The Morgan fingerprint density at radius 3 is 1.57 bits per heavy atom. The number of aromatic nitrogens is 2. The van der Waals surface area contributed by atoms with E-state index in [1.165, 1.54) is 127 Å². The molecule has 0 atom stereocenters. The van der Waals surface area contributed by atoms with Crippen LogP contribution in [0.1, 0.15) is 101 Å². The Hall–Kier alpha value is -6.84.